The monoisotopic (exact) mass is 271 g/mol. The van der Waals surface area contributed by atoms with Gasteiger partial charge < -0.3 is 14.8 Å². The minimum atomic E-state index is 0.230. The summed E-state index contributed by atoms with van der Waals surface area (Å²) in [5.74, 6) is 1.80. The van der Waals surface area contributed by atoms with Gasteiger partial charge in [-0.25, -0.2) is 0 Å². The zero-order valence-corrected chi connectivity index (χ0v) is 12.2. The first-order valence-corrected chi connectivity index (χ1v) is 6.74. The third kappa shape index (κ3) is 3.52. The van der Waals surface area contributed by atoms with Crippen LogP contribution in [-0.2, 0) is 6.54 Å². The summed E-state index contributed by atoms with van der Waals surface area (Å²) in [6.07, 6.45) is 0. The third-order valence-electron chi connectivity index (χ3n) is 3.38. The molecule has 0 bridgehead atoms. The number of methoxy groups -OCH3 is 2. The molecule has 0 radical (unpaired) electrons. The maximum atomic E-state index is 5.39. The number of ether oxygens (including phenoxy) is 2. The molecule has 1 atom stereocenters. The summed E-state index contributed by atoms with van der Waals surface area (Å²) in [5.41, 5.74) is 2.40. The van der Waals surface area contributed by atoms with Gasteiger partial charge in [0.25, 0.3) is 0 Å². The van der Waals surface area contributed by atoms with E-state index in [1.54, 1.807) is 14.2 Å². The Hall–Kier alpha value is -2.00. The highest BCUT2D eigenvalue weighted by molar-refractivity contribution is 5.35. The lowest BCUT2D eigenvalue weighted by Gasteiger charge is -2.17. The smallest absolute Gasteiger partial charge is 0.123 e. The van der Waals surface area contributed by atoms with Crippen LogP contribution in [0.4, 0.5) is 0 Å². The Labute approximate surface area is 120 Å². The minimum Gasteiger partial charge on any atom is -0.497 e. The number of hydrogen-bond acceptors (Lipinski definition) is 3. The van der Waals surface area contributed by atoms with Crippen molar-refractivity contribution in [2.45, 2.75) is 19.5 Å². The lowest BCUT2D eigenvalue weighted by molar-refractivity contribution is 0.401. The van der Waals surface area contributed by atoms with E-state index in [1.165, 1.54) is 11.1 Å². The average molecular weight is 271 g/mol. The molecule has 0 heterocycles. The molecule has 0 spiro atoms. The topological polar surface area (TPSA) is 30.5 Å². The molecule has 3 nitrogen and oxygen atoms in total. The van der Waals surface area contributed by atoms with Crippen LogP contribution in [-0.4, -0.2) is 14.2 Å². The van der Waals surface area contributed by atoms with Gasteiger partial charge in [0.1, 0.15) is 11.5 Å². The molecule has 1 unspecified atom stereocenters. The van der Waals surface area contributed by atoms with E-state index in [1.807, 2.05) is 30.3 Å². The lowest BCUT2D eigenvalue weighted by Crippen LogP contribution is -2.18. The van der Waals surface area contributed by atoms with Crippen molar-refractivity contribution in [3.05, 3.63) is 59.7 Å². The molecule has 0 aliphatic rings. The summed E-state index contributed by atoms with van der Waals surface area (Å²) in [6.45, 7) is 2.95. The van der Waals surface area contributed by atoms with E-state index in [-0.39, 0.29) is 6.04 Å². The van der Waals surface area contributed by atoms with Crippen LogP contribution in [0.25, 0.3) is 0 Å². The van der Waals surface area contributed by atoms with Gasteiger partial charge in [0.05, 0.1) is 14.2 Å². The van der Waals surface area contributed by atoms with E-state index in [4.69, 9.17) is 9.47 Å². The summed E-state index contributed by atoms with van der Waals surface area (Å²) >= 11 is 0. The Morgan fingerprint density at radius 1 is 0.950 bits per heavy atom. The summed E-state index contributed by atoms with van der Waals surface area (Å²) in [4.78, 5) is 0. The molecule has 3 heteroatoms. The Morgan fingerprint density at radius 3 is 2.30 bits per heavy atom. The lowest BCUT2D eigenvalue weighted by atomic mass is 10.1. The van der Waals surface area contributed by atoms with Gasteiger partial charge in [-0.15, -0.1) is 0 Å². The van der Waals surface area contributed by atoms with Gasteiger partial charge in [0, 0.05) is 18.2 Å². The van der Waals surface area contributed by atoms with Crippen LogP contribution in [0, 0.1) is 0 Å². The fourth-order valence-electron chi connectivity index (χ4n) is 2.15. The summed E-state index contributed by atoms with van der Waals surface area (Å²) in [7, 11) is 3.38. The molecule has 2 aromatic rings. The first-order chi connectivity index (χ1) is 9.74. The third-order valence-corrected chi connectivity index (χ3v) is 3.38. The second kappa shape index (κ2) is 6.96. The van der Waals surface area contributed by atoms with Crippen LogP contribution in [0.15, 0.2) is 48.5 Å². The van der Waals surface area contributed by atoms with Crippen molar-refractivity contribution < 1.29 is 9.47 Å². The van der Waals surface area contributed by atoms with Crippen LogP contribution in [0.2, 0.25) is 0 Å². The van der Waals surface area contributed by atoms with Crippen molar-refractivity contribution in [2.75, 3.05) is 14.2 Å². The van der Waals surface area contributed by atoms with Gasteiger partial charge in [-0.05, 0) is 30.7 Å². The molecule has 1 N–H and O–H groups in total. The molecule has 0 saturated heterocycles. The van der Waals surface area contributed by atoms with Crippen LogP contribution >= 0.6 is 0 Å². The van der Waals surface area contributed by atoms with Gasteiger partial charge >= 0.3 is 0 Å². The Kier molecular flexibility index (Phi) is 5.02. The first-order valence-electron chi connectivity index (χ1n) is 6.74. The molecule has 0 saturated carbocycles. The number of para-hydroxylation sites is 1. The van der Waals surface area contributed by atoms with Crippen LogP contribution in [0.3, 0.4) is 0 Å². The highest BCUT2D eigenvalue weighted by atomic mass is 16.5. The molecular weight excluding hydrogens is 250 g/mol. The van der Waals surface area contributed by atoms with E-state index in [2.05, 4.69) is 30.4 Å². The Balaban J connectivity index is 1.98. The van der Waals surface area contributed by atoms with E-state index < -0.39 is 0 Å². The van der Waals surface area contributed by atoms with Gasteiger partial charge in [-0.3, -0.25) is 0 Å². The highest BCUT2D eigenvalue weighted by Gasteiger charge is 2.09. The summed E-state index contributed by atoms with van der Waals surface area (Å²) in [5, 5.41) is 3.51. The molecule has 20 heavy (non-hydrogen) atoms. The molecule has 2 rings (SSSR count). The molecule has 0 fully saturated rings. The Morgan fingerprint density at radius 2 is 1.65 bits per heavy atom. The first kappa shape index (κ1) is 14.4. The van der Waals surface area contributed by atoms with Crippen LogP contribution < -0.4 is 14.8 Å². The number of benzene rings is 2. The second-order valence-corrected chi connectivity index (χ2v) is 4.69. The van der Waals surface area contributed by atoms with Crippen molar-refractivity contribution in [1.29, 1.82) is 0 Å². The average Bonchev–Trinajstić information content (AvgIpc) is 2.53. The SMILES string of the molecule is COc1ccc(CNC(C)c2ccccc2OC)cc1. The van der Waals surface area contributed by atoms with Crippen molar-refractivity contribution in [1.82, 2.24) is 5.32 Å². The number of hydrogen-bond donors (Lipinski definition) is 1. The number of nitrogens with one attached hydrogen (secondary N) is 1. The number of rotatable bonds is 6. The molecular formula is C17H21NO2. The quantitative estimate of drug-likeness (QED) is 0.871. The van der Waals surface area contributed by atoms with Gasteiger partial charge in [-0.1, -0.05) is 30.3 Å². The molecule has 0 aliphatic carbocycles. The van der Waals surface area contributed by atoms with E-state index in [0.717, 1.165) is 18.0 Å². The standard InChI is InChI=1S/C17H21NO2/c1-13(16-6-4-5-7-17(16)20-3)18-12-14-8-10-15(19-2)11-9-14/h4-11,13,18H,12H2,1-3H3. The van der Waals surface area contributed by atoms with Crippen molar-refractivity contribution in [3.8, 4) is 11.5 Å². The predicted octanol–water partition coefficient (Wildman–Crippen LogP) is 3.55. The highest BCUT2D eigenvalue weighted by Crippen LogP contribution is 2.24. The van der Waals surface area contributed by atoms with Crippen LogP contribution in [0.5, 0.6) is 11.5 Å². The second-order valence-electron chi connectivity index (χ2n) is 4.69. The fourth-order valence-corrected chi connectivity index (χ4v) is 2.15. The van der Waals surface area contributed by atoms with E-state index in [9.17, 15) is 0 Å². The fraction of sp³-hybridized carbons (Fsp3) is 0.294. The Bertz CT molecular complexity index is 537. The molecule has 2 aromatic carbocycles. The molecule has 0 aliphatic heterocycles. The van der Waals surface area contributed by atoms with Gasteiger partial charge in [-0.2, -0.15) is 0 Å². The summed E-state index contributed by atoms with van der Waals surface area (Å²) < 4.78 is 10.5. The predicted molar refractivity (Wildman–Crippen MR) is 81.2 cm³/mol. The van der Waals surface area contributed by atoms with Crippen molar-refractivity contribution >= 4 is 0 Å². The van der Waals surface area contributed by atoms with Crippen molar-refractivity contribution in [3.63, 3.8) is 0 Å². The van der Waals surface area contributed by atoms with E-state index >= 15 is 0 Å². The summed E-state index contributed by atoms with van der Waals surface area (Å²) in [6, 6.07) is 16.4. The van der Waals surface area contributed by atoms with Crippen molar-refractivity contribution in [2.24, 2.45) is 0 Å². The largest absolute Gasteiger partial charge is 0.497 e. The molecule has 0 amide bonds. The zero-order valence-electron chi connectivity index (χ0n) is 12.2. The van der Waals surface area contributed by atoms with E-state index in [0.29, 0.717) is 0 Å². The van der Waals surface area contributed by atoms with Gasteiger partial charge in [0.15, 0.2) is 0 Å². The van der Waals surface area contributed by atoms with Gasteiger partial charge in [0.2, 0.25) is 0 Å². The molecule has 0 aromatic heterocycles. The normalized spacial score (nSPS) is 11.9. The maximum absolute atomic E-state index is 5.39. The molecule has 106 valence electrons. The zero-order chi connectivity index (χ0) is 14.4. The minimum absolute atomic E-state index is 0.230. The van der Waals surface area contributed by atoms with Crippen LogP contribution in [0.1, 0.15) is 24.1 Å². The maximum Gasteiger partial charge on any atom is 0.123 e.